The number of anilines is 1. The molecule has 0 bridgehead atoms. The summed E-state index contributed by atoms with van der Waals surface area (Å²) in [6.07, 6.45) is 0. The normalized spacial score (nSPS) is 11.3. The molecule has 30 heavy (non-hydrogen) atoms. The molecule has 0 radical (unpaired) electrons. The summed E-state index contributed by atoms with van der Waals surface area (Å²) in [7, 11) is 0. The molecule has 0 aliphatic carbocycles. The van der Waals surface area contributed by atoms with E-state index in [1.807, 2.05) is 55.5 Å². The fraction of sp³-hybridized carbons (Fsp3) is 0.120. The quantitative estimate of drug-likeness (QED) is 0.387. The maximum atomic E-state index is 12.4. The van der Waals surface area contributed by atoms with E-state index in [9.17, 15) is 4.79 Å². The van der Waals surface area contributed by atoms with Crippen molar-refractivity contribution in [2.45, 2.75) is 20.4 Å². The van der Waals surface area contributed by atoms with Crippen molar-refractivity contribution in [1.29, 1.82) is 0 Å². The van der Waals surface area contributed by atoms with Gasteiger partial charge in [-0.3, -0.25) is 4.79 Å². The Morgan fingerprint density at radius 1 is 0.833 bits per heavy atom. The van der Waals surface area contributed by atoms with E-state index in [0.717, 1.165) is 39.0 Å². The van der Waals surface area contributed by atoms with Crippen LogP contribution in [-0.4, -0.2) is 15.0 Å². The number of rotatable bonds is 4. The van der Waals surface area contributed by atoms with Crippen LogP contribution in [0.15, 0.2) is 71.5 Å². The van der Waals surface area contributed by atoms with Gasteiger partial charge in [-0.15, -0.1) is 0 Å². The van der Waals surface area contributed by atoms with Gasteiger partial charge in [0.05, 0.1) is 11.0 Å². The predicted molar refractivity (Wildman–Crippen MR) is 123 cm³/mol. The second-order valence-electron chi connectivity index (χ2n) is 7.75. The number of aromatic amines is 2. The van der Waals surface area contributed by atoms with Gasteiger partial charge in [-0.1, -0.05) is 17.7 Å². The molecule has 148 valence electrons. The van der Waals surface area contributed by atoms with Crippen LogP contribution < -0.4 is 10.9 Å². The van der Waals surface area contributed by atoms with E-state index in [1.54, 1.807) is 0 Å². The molecule has 0 aliphatic rings. The van der Waals surface area contributed by atoms with Gasteiger partial charge in [-0.05, 0) is 79.4 Å². The van der Waals surface area contributed by atoms with E-state index in [4.69, 9.17) is 0 Å². The van der Waals surface area contributed by atoms with Gasteiger partial charge < -0.3 is 15.3 Å². The Balaban J connectivity index is 1.35. The summed E-state index contributed by atoms with van der Waals surface area (Å²) >= 11 is 0. The molecule has 3 aromatic carbocycles. The number of pyridine rings is 1. The molecule has 0 amide bonds. The molecule has 5 nitrogen and oxygen atoms in total. The molecule has 0 saturated heterocycles. The monoisotopic (exact) mass is 394 g/mol. The number of benzene rings is 3. The van der Waals surface area contributed by atoms with Crippen LogP contribution in [0, 0.1) is 13.8 Å². The van der Waals surface area contributed by atoms with Crippen LogP contribution in [0.4, 0.5) is 5.69 Å². The Morgan fingerprint density at radius 3 is 2.43 bits per heavy atom. The van der Waals surface area contributed by atoms with Gasteiger partial charge in [0.2, 0.25) is 0 Å². The van der Waals surface area contributed by atoms with Gasteiger partial charge in [0, 0.05) is 28.9 Å². The zero-order valence-electron chi connectivity index (χ0n) is 16.9. The van der Waals surface area contributed by atoms with Gasteiger partial charge in [0.25, 0.3) is 5.56 Å². The zero-order chi connectivity index (χ0) is 20.7. The van der Waals surface area contributed by atoms with Crippen LogP contribution in [-0.2, 0) is 6.54 Å². The first-order valence-electron chi connectivity index (χ1n) is 9.98. The summed E-state index contributed by atoms with van der Waals surface area (Å²) in [5.74, 6) is 0.850. The number of aromatic nitrogens is 3. The molecular weight excluding hydrogens is 372 g/mol. The average molecular weight is 394 g/mol. The molecule has 5 rings (SSSR count). The Morgan fingerprint density at radius 2 is 1.60 bits per heavy atom. The zero-order valence-corrected chi connectivity index (χ0v) is 16.9. The minimum atomic E-state index is -0.0620. The highest BCUT2D eigenvalue weighted by Gasteiger charge is 2.07. The van der Waals surface area contributed by atoms with Crippen molar-refractivity contribution in [3.63, 3.8) is 0 Å². The number of aryl methyl sites for hydroxylation is 2. The fourth-order valence-electron chi connectivity index (χ4n) is 3.71. The van der Waals surface area contributed by atoms with Gasteiger partial charge in [-0.25, -0.2) is 4.98 Å². The second-order valence-corrected chi connectivity index (χ2v) is 7.75. The Hall–Kier alpha value is -3.86. The third kappa shape index (κ3) is 3.46. The van der Waals surface area contributed by atoms with Crippen molar-refractivity contribution in [2.75, 3.05) is 5.32 Å². The van der Waals surface area contributed by atoms with Crippen molar-refractivity contribution < 1.29 is 0 Å². The number of nitrogens with zero attached hydrogens (tertiary/aromatic N) is 1. The summed E-state index contributed by atoms with van der Waals surface area (Å²) in [4.78, 5) is 23.4. The summed E-state index contributed by atoms with van der Waals surface area (Å²) in [6.45, 7) is 4.58. The van der Waals surface area contributed by atoms with Crippen molar-refractivity contribution >= 4 is 27.6 Å². The molecule has 0 spiro atoms. The van der Waals surface area contributed by atoms with Crippen molar-refractivity contribution in [1.82, 2.24) is 15.0 Å². The van der Waals surface area contributed by atoms with E-state index in [-0.39, 0.29) is 5.56 Å². The van der Waals surface area contributed by atoms with Crippen molar-refractivity contribution in [3.8, 4) is 11.4 Å². The molecule has 5 aromatic rings. The summed E-state index contributed by atoms with van der Waals surface area (Å²) in [5, 5.41) is 4.39. The molecular formula is C25H22N4O. The van der Waals surface area contributed by atoms with Gasteiger partial charge in [0.15, 0.2) is 0 Å². The van der Waals surface area contributed by atoms with E-state index in [2.05, 4.69) is 45.4 Å². The lowest BCUT2D eigenvalue weighted by atomic mass is 10.1. The number of hydrogen-bond acceptors (Lipinski definition) is 3. The van der Waals surface area contributed by atoms with Gasteiger partial charge >= 0.3 is 0 Å². The van der Waals surface area contributed by atoms with Crippen LogP contribution in [0.3, 0.4) is 0 Å². The van der Waals surface area contributed by atoms with E-state index in [1.165, 1.54) is 11.1 Å². The highest BCUT2D eigenvalue weighted by Crippen LogP contribution is 2.23. The average Bonchev–Trinajstić information content (AvgIpc) is 3.16. The molecule has 5 heteroatoms. The number of hydrogen-bond donors (Lipinski definition) is 3. The lowest BCUT2D eigenvalue weighted by Gasteiger charge is -2.08. The van der Waals surface area contributed by atoms with Crippen LogP contribution in [0.5, 0.6) is 0 Å². The molecule has 0 atom stereocenters. The van der Waals surface area contributed by atoms with E-state index in [0.29, 0.717) is 12.1 Å². The first-order valence-corrected chi connectivity index (χ1v) is 9.98. The van der Waals surface area contributed by atoms with Crippen LogP contribution in [0.2, 0.25) is 0 Å². The first-order chi connectivity index (χ1) is 14.5. The van der Waals surface area contributed by atoms with Crippen LogP contribution in [0.25, 0.3) is 33.3 Å². The molecule has 0 fully saturated rings. The smallest absolute Gasteiger partial charge is 0.253 e. The number of H-pyrrole nitrogens is 2. The lowest BCUT2D eigenvalue weighted by molar-refractivity contribution is 1.09. The van der Waals surface area contributed by atoms with Gasteiger partial charge in [0.1, 0.15) is 5.82 Å². The number of imidazole rings is 1. The van der Waals surface area contributed by atoms with Crippen molar-refractivity contribution in [3.05, 3.63) is 93.8 Å². The third-order valence-electron chi connectivity index (χ3n) is 5.36. The van der Waals surface area contributed by atoms with Crippen LogP contribution in [0.1, 0.15) is 16.7 Å². The second kappa shape index (κ2) is 7.19. The number of nitrogens with one attached hydrogen (secondary N) is 3. The van der Waals surface area contributed by atoms with Crippen molar-refractivity contribution in [2.24, 2.45) is 0 Å². The molecule has 0 unspecified atom stereocenters. The topological polar surface area (TPSA) is 73.6 Å². The fourth-order valence-corrected chi connectivity index (χ4v) is 3.71. The minimum Gasteiger partial charge on any atom is -0.381 e. The molecule has 2 aromatic heterocycles. The molecule has 0 saturated carbocycles. The molecule has 3 N–H and O–H groups in total. The summed E-state index contributed by atoms with van der Waals surface area (Å²) in [5.41, 5.74) is 7.86. The number of fused-ring (bicyclic) bond motifs is 2. The maximum absolute atomic E-state index is 12.4. The Labute approximate surface area is 173 Å². The maximum Gasteiger partial charge on any atom is 0.253 e. The minimum absolute atomic E-state index is 0.0620. The van der Waals surface area contributed by atoms with Gasteiger partial charge in [-0.2, -0.15) is 0 Å². The first kappa shape index (κ1) is 18.2. The Kier molecular flexibility index (Phi) is 4.36. The molecule has 2 heterocycles. The Bertz CT molecular complexity index is 1430. The third-order valence-corrected chi connectivity index (χ3v) is 5.36. The van der Waals surface area contributed by atoms with E-state index >= 15 is 0 Å². The predicted octanol–water partition coefficient (Wildman–Crippen LogP) is 5.30. The summed E-state index contributed by atoms with van der Waals surface area (Å²) in [6, 6.07) is 22.3. The molecule has 0 aliphatic heterocycles. The standard InChI is InChI=1S/C25H22N4O/c1-15-3-9-21-18(11-15)13-19(25(30)29-21)14-26-20-7-5-17(6-8-20)24-27-22-10-4-16(2)12-23(22)28-24/h3-13,26H,14H2,1-2H3,(H,27,28)(H,29,30). The van der Waals surface area contributed by atoms with Crippen LogP contribution >= 0.6 is 0 Å². The van der Waals surface area contributed by atoms with E-state index < -0.39 is 0 Å². The highest BCUT2D eigenvalue weighted by molar-refractivity contribution is 5.81. The lowest BCUT2D eigenvalue weighted by Crippen LogP contribution is -2.15. The largest absolute Gasteiger partial charge is 0.381 e. The highest BCUT2D eigenvalue weighted by atomic mass is 16.1. The summed E-state index contributed by atoms with van der Waals surface area (Å²) < 4.78 is 0. The SMILES string of the molecule is Cc1ccc2[nH]c(=O)c(CNc3ccc(-c4nc5ccc(C)cc5[nH]4)cc3)cc2c1.